The van der Waals surface area contributed by atoms with Crippen molar-refractivity contribution in [1.29, 1.82) is 0 Å². The Morgan fingerprint density at radius 3 is 2.25 bits per heavy atom. The first-order valence-corrected chi connectivity index (χ1v) is 4.59. The number of halogens is 3. The molecule has 6 heteroatoms. The molecule has 3 nitrogen and oxygen atoms in total. The molecular weight excluding hydrogens is 221 g/mol. The molecule has 0 aromatic heterocycles. The fraction of sp³-hybridized carbons (Fsp3) is 0.300. The lowest BCUT2D eigenvalue weighted by atomic mass is 10.2. The van der Waals surface area contributed by atoms with Crippen LogP contribution in [-0.4, -0.2) is 18.6 Å². The van der Waals surface area contributed by atoms with E-state index in [-0.39, 0.29) is 6.54 Å². The molecular formula is C10H11F3N2O. The maximum Gasteiger partial charge on any atom is 0.390 e. The van der Waals surface area contributed by atoms with Crippen molar-refractivity contribution in [2.24, 2.45) is 5.73 Å². The van der Waals surface area contributed by atoms with Gasteiger partial charge in [0.1, 0.15) is 0 Å². The predicted octanol–water partition coefficient (Wildman–Crippen LogP) is 2.15. The van der Waals surface area contributed by atoms with Gasteiger partial charge in [0, 0.05) is 17.8 Å². The van der Waals surface area contributed by atoms with E-state index in [0.29, 0.717) is 11.3 Å². The molecule has 0 unspecified atom stereocenters. The molecule has 1 rings (SSSR count). The van der Waals surface area contributed by atoms with Crippen molar-refractivity contribution in [1.82, 2.24) is 0 Å². The second kappa shape index (κ2) is 4.87. The van der Waals surface area contributed by atoms with Crippen molar-refractivity contribution in [2.75, 3.05) is 11.9 Å². The highest BCUT2D eigenvalue weighted by molar-refractivity contribution is 5.93. The lowest BCUT2D eigenvalue weighted by Crippen LogP contribution is -2.15. The van der Waals surface area contributed by atoms with E-state index in [1.165, 1.54) is 24.3 Å². The summed E-state index contributed by atoms with van der Waals surface area (Å²) >= 11 is 0. The molecule has 3 N–H and O–H groups in total. The largest absolute Gasteiger partial charge is 0.390 e. The molecule has 0 atom stereocenters. The molecule has 0 bridgehead atoms. The molecule has 0 aliphatic carbocycles. The molecule has 88 valence electrons. The smallest absolute Gasteiger partial charge is 0.385 e. The Labute approximate surface area is 90.4 Å². The third-order valence-electron chi connectivity index (χ3n) is 1.91. The second-order valence-electron chi connectivity index (χ2n) is 3.23. The predicted molar refractivity (Wildman–Crippen MR) is 54.1 cm³/mol. The van der Waals surface area contributed by atoms with E-state index >= 15 is 0 Å². The number of primary amides is 1. The van der Waals surface area contributed by atoms with E-state index in [0.717, 1.165) is 0 Å². The average Bonchev–Trinajstić information content (AvgIpc) is 2.16. The minimum Gasteiger partial charge on any atom is -0.385 e. The van der Waals surface area contributed by atoms with E-state index in [2.05, 4.69) is 5.32 Å². The fourth-order valence-corrected chi connectivity index (χ4v) is 1.10. The zero-order valence-electron chi connectivity index (χ0n) is 8.34. The lowest BCUT2D eigenvalue weighted by molar-refractivity contribution is -0.131. The normalized spacial score (nSPS) is 11.2. The van der Waals surface area contributed by atoms with Crippen LogP contribution in [-0.2, 0) is 0 Å². The Morgan fingerprint density at radius 2 is 1.81 bits per heavy atom. The van der Waals surface area contributed by atoms with E-state index in [1.807, 2.05) is 0 Å². The van der Waals surface area contributed by atoms with Gasteiger partial charge in [-0.1, -0.05) is 0 Å². The van der Waals surface area contributed by atoms with Crippen molar-refractivity contribution in [3.63, 3.8) is 0 Å². The second-order valence-corrected chi connectivity index (χ2v) is 3.23. The number of hydrogen-bond donors (Lipinski definition) is 2. The molecule has 0 spiro atoms. The van der Waals surface area contributed by atoms with Crippen LogP contribution in [0, 0.1) is 0 Å². The number of alkyl halides is 3. The summed E-state index contributed by atoms with van der Waals surface area (Å²) < 4.78 is 35.5. The minimum atomic E-state index is -4.17. The van der Waals surface area contributed by atoms with Crippen molar-refractivity contribution in [3.05, 3.63) is 29.8 Å². The molecule has 0 fully saturated rings. The number of nitrogens with one attached hydrogen (secondary N) is 1. The van der Waals surface area contributed by atoms with Crippen LogP contribution in [0.5, 0.6) is 0 Å². The molecule has 1 aromatic carbocycles. The zero-order valence-corrected chi connectivity index (χ0v) is 8.34. The van der Waals surface area contributed by atoms with Gasteiger partial charge in [0.2, 0.25) is 5.91 Å². The molecule has 1 aromatic rings. The summed E-state index contributed by atoms with van der Waals surface area (Å²) in [6.45, 7) is -0.195. The molecule has 0 aliphatic heterocycles. The molecule has 0 saturated carbocycles. The van der Waals surface area contributed by atoms with Gasteiger partial charge < -0.3 is 11.1 Å². The van der Waals surface area contributed by atoms with Crippen LogP contribution in [0.1, 0.15) is 16.8 Å². The Kier molecular flexibility index (Phi) is 3.76. The van der Waals surface area contributed by atoms with E-state index in [4.69, 9.17) is 5.73 Å². The zero-order chi connectivity index (χ0) is 12.2. The summed E-state index contributed by atoms with van der Waals surface area (Å²) in [5.41, 5.74) is 5.86. The number of benzene rings is 1. The number of carbonyl (C=O) groups excluding carboxylic acids is 1. The van der Waals surface area contributed by atoms with Crippen LogP contribution >= 0.6 is 0 Å². The Hall–Kier alpha value is -1.72. The quantitative estimate of drug-likeness (QED) is 0.835. The van der Waals surface area contributed by atoms with E-state index < -0.39 is 18.5 Å². The standard InChI is InChI=1S/C10H11F3N2O/c11-10(12,13)5-6-15-8-3-1-7(2-4-8)9(14)16/h1-4,15H,5-6H2,(H2,14,16). The van der Waals surface area contributed by atoms with Crippen LogP contribution in [0.15, 0.2) is 24.3 Å². The van der Waals surface area contributed by atoms with Crippen molar-refractivity contribution >= 4 is 11.6 Å². The van der Waals surface area contributed by atoms with Gasteiger partial charge in [-0.15, -0.1) is 0 Å². The van der Waals surface area contributed by atoms with Gasteiger partial charge in [0.05, 0.1) is 6.42 Å². The molecule has 0 radical (unpaired) electrons. The van der Waals surface area contributed by atoms with Gasteiger partial charge in [-0.25, -0.2) is 0 Å². The molecule has 16 heavy (non-hydrogen) atoms. The highest BCUT2D eigenvalue weighted by Gasteiger charge is 2.25. The fourth-order valence-electron chi connectivity index (χ4n) is 1.10. The number of carbonyl (C=O) groups is 1. The summed E-state index contributed by atoms with van der Waals surface area (Å²) in [5, 5.41) is 2.60. The van der Waals surface area contributed by atoms with E-state index in [9.17, 15) is 18.0 Å². The van der Waals surface area contributed by atoms with Gasteiger partial charge in [-0.2, -0.15) is 13.2 Å². The summed E-state index contributed by atoms with van der Waals surface area (Å²) in [6.07, 6.45) is -5.06. The van der Waals surface area contributed by atoms with Gasteiger partial charge in [-0.3, -0.25) is 4.79 Å². The van der Waals surface area contributed by atoms with Crippen LogP contribution in [0.4, 0.5) is 18.9 Å². The van der Waals surface area contributed by atoms with Gasteiger partial charge in [0.15, 0.2) is 0 Å². The summed E-state index contributed by atoms with van der Waals surface area (Å²) in [4.78, 5) is 10.7. The lowest BCUT2D eigenvalue weighted by Gasteiger charge is -2.08. The number of amides is 1. The SMILES string of the molecule is NC(=O)c1ccc(NCCC(F)(F)F)cc1. The highest BCUT2D eigenvalue weighted by Crippen LogP contribution is 2.19. The summed E-state index contributed by atoms with van der Waals surface area (Å²) in [6, 6.07) is 5.93. The monoisotopic (exact) mass is 232 g/mol. The maximum atomic E-state index is 11.8. The van der Waals surface area contributed by atoms with Crippen LogP contribution in [0.3, 0.4) is 0 Å². The summed E-state index contributed by atoms with van der Waals surface area (Å²) in [5.74, 6) is -0.568. The third kappa shape index (κ3) is 4.20. The van der Waals surface area contributed by atoms with Crippen molar-refractivity contribution in [3.8, 4) is 0 Å². The summed E-state index contributed by atoms with van der Waals surface area (Å²) in [7, 11) is 0. The van der Waals surface area contributed by atoms with Gasteiger partial charge in [0.25, 0.3) is 0 Å². The number of nitrogens with two attached hydrogens (primary N) is 1. The molecule has 1 amide bonds. The number of hydrogen-bond acceptors (Lipinski definition) is 2. The molecule has 0 heterocycles. The van der Waals surface area contributed by atoms with E-state index in [1.54, 1.807) is 0 Å². The highest BCUT2D eigenvalue weighted by atomic mass is 19.4. The molecule has 0 aliphatic rings. The first-order valence-electron chi connectivity index (χ1n) is 4.59. The Morgan fingerprint density at radius 1 is 1.25 bits per heavy atom. The van der Waals surface area contributed by atoms with Crippen LogP contribution in [0.2, 0.25) is 0 Å². The molecule has 0 saturated heterocycles. The third-order valence-corrected chi connectivity index (χ3v) is 1.91. The minimum absolute atomic E-state index is 0.195. The Balaban J connectivity index is 2.47. The maximum absolute atomic E-state index is 11.8. The van der Waals surface area contributed by atoms with Gasteiger partial charge in [-0.05, 0) is 24.3 Å². The average molecular weight is 232 g/mol. The van der Waals surface area contributed by atoms with Crippen molar-refractivity contribution in [2.45, 2.75) is 12.6 Å². The van der Waals surface area contributed by atoms with Crippen LogP contribution < -0.4 is 11.1 Å². The number of anilines is 1. The van der Waals surface area contributed by atoms with Crippen LogP contribution in [0.25, 0.3) is 0 Å². The number of rotatable bonds is 4. The van der Waals surface area contributed by atoms with Gasteiger partial charge >= 0.3 is 6.18 Å². The van der Waals surface area contributed by atoms with Crippen molar-refractivity contribution < 1.29 is 18.0 Å². The topological polar surface area (TPSA) is 55.1 Å². The Bertz CT molecular complexity index is 359. The first kappa shape index (κ1) is 12.4. The first-order chi connectivity index (χ1) is 7.38.